The summed E-state index contributed by atoms with van der Waals surface area (Å²) in [5.74, 6) is 0.149. The molecule has 92 valence electrons. The minimum Gasteiger partial charge on any atom is -0.381 e. The first-order valence-corrected chi connectivity index (χ1v) is 5.88. The van der Waals surface area contributed by atoms with Gasteiger partial charge in [0, 0.05) is 13.0 Å². The molecule has 0 spiro atoms. The molecule has 0 aromatic carbocycles. The molecule has 0 bridgehead atoms. The van der Waals surface area contributed by atoms with Gasteiger partial charge in [0.25, 0.3) is 0 Å². The van der Waals surface area contributed by atoms with E-state index in [1.54, 1.807) is 19.5 Å². The van der Waals surface area contributed by atoms with Gasteiger partial charge in [-0.1, -0.05) is 0 Å². The minimum atomic E-state index is 0.0642. The number of nitrogens with zero attached hydrogens (tertiary/aromatic N) is 2. The van der Waals surface area contributed by atoms with E-state index in [1.807, 2.05) is 0 Å². The average molecular weight is 235 g/mol. The molecule has 1 N–H and O–H groups in total. The van der Waals surface area contributed by atoms with Gasteiger partial charge < -0.3 is 10.1 Å². The lowest BCUT2D eigenvalue weighted by Gasteiger charge is -2.26. The number of hydrogen-bond acceptors (Lipinski definition) is 4. The van der Waals surface area contributed by atoms with Crippen LogP contribution in [0.5, 0.6) is 0 Å². The summed E-state index contributed by atoms with van der Waals surface area (Å²) in [5, 5.41) is 2.84. The van der Waals surface area contributed by atoms with E-state index in [2.05, 4.69) is 15.3 Å². The Labute approximate surface area is 101 Å². The van der Waals surface area contributed by atoms with E-state index in [1.165, 1.54) is 6.33 Å². The summed E-state index contributed by atoms with van der Waals surface area (Å²) in [6, 6.07) is 0. The molecule has 1 aliphatic rings. The summed E-state index contributed by atoms with van der Waals surface area (Å²) < 4.78 is 5.29. The fourth-order valence-corrected chi connectivity index (χ4v) is 2.17. The first-order chi connectivity index (χ1) is 8.29. The molecule has 1 saturated carbocycles. The first kappa shape index (κ1) is 12.0. The number of nitrogens with one attached hydrogen (secondary N) is 1. The van der Waals surface area contributed by atoms with Gasteiger partial charge in [0.1, 0.15) is 6.33 Å². The lowest BCUT2D eigenvalue weighted by Crippen LogP contribution is -2.29. The third-order valence-electron chi connectivity index (χ3n) is 3.21. The molecule has 5 nitrogen and oxygen atoms in total. The van der Waals surface area contributed by atoms with Gasteiger partial charge in [-0.25, -0.2) is 9.97 Å². The minimum absolute atomic E-state index is 0.0642. The summed E-state index contributed by atoms with van der Waals surface area (Å²) in [5.41, 5.74) is 0.659. The highest BCUT2D eigenvalue weighted by Crippen LogP contribution is 2.26. The molecule has 1 fully saturated rings. The molecule has 1 aromatic rings. The summed E-state index contributed by atoms with van der Waals surface area (Å²) in [6.45, 7) is 0. The van der Waals surface area contributed by atoms with Crippen LogP contribution in [0.2, 0.25) is 0 Å². The molecule has 0 atom stereocenters. The van der Waals surface area contributed by atoms with Crippen molar-refractivity contribution in [2.45, 2.75) is 31.8 Å². The van der Waals surface area contributed by atoms with Gasteiger partial charge in [-0.3, -0.25) is 4.79 Å². The molecule has 1 amide bonds. The second-order valence-corrected chi connectivity index (χ2v) is 4.33. The molecule has 2 rings (SSSR count). The summed E-state index contributed by atoms with van der Waals surface area (Å²) >= 11 is 0. The van der Waals surface area contributed by atoms with Gasteiger partial charge in [-0.05, 0) is 25.7 Å². The number of rotatable bonds is 3. The number of amides is 1. The Morgan fingerprint density at radius 2 is 1.94 bits per heavy atom. The topological polar surface area (TPSA) is 64.1 Å². The smallest absolute Gasteiger partial charge is 0.227 e. The zero-order valence-electron chi connectivity index (χ0n) is 9.93. The van der Waals surface area contributed by atoms with Crippen molar-refractivity contribution < 1.29 is 9.53 Å². The van der Waals surface area contributed by atoms with Crippen molar-refractivity contribution in [1.82, 2.24) is 9.97 Å². The quantitative estimate of drug-likeness (QED) is 0.864. The molecule has 0 radical (unpaired) electrons. The Balaban J connectivity index is 1.85. The fourth-order valence-electron chi connectivity index (χ4n) is 2.17. The van der Waals surface area contributed by atoms with E-state index in [0.717, 1.165) is 25.7 Å². The van der Waals surface area contributed by atoms with Gasteiger partial charge in [0.05, 0.1) is 24.2 Å². The van der Waals surface area contributed by atoms with Crippen LogP contribution >= 0.6 is 0 Å². The second-order valence-electron chi connectivity index (χ2n) is 4.33. The van der Waals surface area contributed by atoms with E-state index in [4.69, 9.17) is 4.74 Å². The number of anilines is 1. The maximum Gasteiger partial charge on any atom is 0.227 e. The van der Waals surface area contributed by atoms with Gasteiger partial charge >= 0.3 is 0 Å². The lowest BCUT2D eigenvalue weighted by atomic mass is 9.87. The van der Waals surface area contributed by atoms with E-state index in [9.17, 15) is 4.79 Å². The monoisotopic (exact) mass is 235 g/mol. The summed E-state index contributed by atoms with van der Waals surface area (Å²) in [7, 11) is 1.73. The number of ether oxygens (including phenoxy) is 1. The van der Waals surface area contributed by atoms with Gasteiger partial charge in [0.15, 0.2) is 0 Å². The number of aromatic nitrogens is 2. The van der Waals surface area contributed by atoms with Crippen LogP contribution in [0.15, 0.2) is 18.7 Å². The first-order valence-electron chi connectivity index (χ1n) is 5.88. The number of carbonyl (C=O) groups is 1. The van der Waals surface area contributed by atoms with Gasteiger partial charge in [-0.15, -0.1) is 0 Å². The summed E-state index contributed by atoms with van der Waals surface area (Å²) in [6.07, 6.45) is 8.66. The van der Waals surface area contributed by atoms with Crippen molar-refractivity contribution >= 4 is 11.6 Å². The van der Waals surface area contributed by atoms with E-state index in [0.29, 0.717) is 11.8 Å². The molecule has 1 heterocycles. The lowest BCUT2D eigenvalue weighted by molar-refractivity contribution is -0.121. The molecule has 0 saturated heterocycles. The number of methoxy groups -OCH3 is 1. The normalized spacial score (nSPS) is 24.3. The molecule has 0 aliphatic heterocycles. The van der Waals surface area contributed by atoms with E-state index >= 15 is 0 Å². The SMILES string of the molecule is COC1CCC(C(=O)Nc2cncnc2)CC1. The van der Waals surface area contributed by atoms with Crippen LogP contribution in [0.3, 0.4) is 0 Å². The molecule has 0 unspecified atom stereocenters. The molecule has 5 heteroatoms. The zero-order valence-corrected chi connectivity index (χ0v) is 9.93. The molecular formula is C12H17N3O2. The van der Waals surface area contributed by atoms with Crippen LogP contribution in [0.25, 0.3) is 0 Å². The standard InChI is InChI=1S/C12H17N3O2/c1-17-11-4-2-9(3-5-11)12(16)15-10-6-13-8-14-7-10/h6-9,11H,2-5H2,1H3,(H,15,16). The van der Waals surface area contributed by atoms with Crippen molar-refractivity contribution in [1.29, 1.82) is 0 Å². The van der Waals surface area contributed by atoms with Crippen LogP contribution in [0.4, 0.5) is 5.69 Å². The molecular weight excluding hydrogens is 218 g/mol. The largest absolute Gasteiger partial charge is 0.381 e. The van der Waals surface area contributed by atoms with E-state index < -0.39 is 0 Å². The van der Waals surface area contributed by atoms with Crippen LogP contribution in [-0.4, -0.2) is 29.1 Å². The average Bonchev–Trinajstić information content (AvgIpc) is 2.40. The van der Waals surface area contributed by atoms with Crippen LogP contribution < -0.4 is 5.32 Å². The Hall–Kier alpha value is -1.49. The third-order valence-corrected chi connectivity index (χ3v) is 3.21. The Kier molecular flexibility index (Phi) is 4.03. The highest BCUT2D eigenvalue weighted by Gasteiger charge is 2.26. The molecule has 1 aromatic heterocycles. The number of hydrogen-bond donors (Lipinski definition) is 1. The maximum absolute atomic E-state index is 12.0. The van der Waals surface area contributed by atoms with Gasteiger partial charge in [-0.2, -0.15) is 0 Å². The second kappa shape index (κ2) is 5.72. The highest BCUT2D eigenvalue weighted by atomic mass is 16.5. The van der Waals surface area contributed by atoms with Crippen molar-refractivity contribution in [2.24, 2.45) is 5.92 Å². The Morgan fingerprint density at radius 1 is 1.29 bits per heavy atom. The summed E-state index contributed by atoms with van der Waals surface area (Å²) in [4.78, 5) is 19.7. The van der Waals surface area contributed by atoms with Crippen LogP contribution in [0, 0.1) is 5.92 Å². The van der Waals surface area contributed by atoms with E-state index in [-0.39, 0.29) is 11.8 Å². The third kappa shape index (κ3) is 3.23. The van der Waals surface area contributed by atoms with Crippen molar-refractivity contribution in [2.75, 3.05) is 12.4 Å². The van der Waals surface area contributed by atoms with Gasteiger partial charge in [0.2, 0.25) is 5.91 Å². The van der Waals surface area contributed by atoms with Crippen molar-refractivity contribution in [3.05, 3.63) is 18.7 Å². The Bertz CT molecular complexity index is 361. The predicted octanol–water partition coefficient (Wildman–Crippen LogP) is 1.62. The van der Waals surface area contributed by atoms with Crippen LogP contribution in [0.1, 0.15) is 25.7 Å². The Morgan fingerprint density at radius 3 is 2.53 bits per heavy atom. The van der Waals surface area contributed by atoms with Crippen molar-refractivity contribution in [3.8, 4) is 0 Å². The number of carbonyl (C=O) groups excluding carboxylic acids is 1. The highest BCUT2D eigenvalue weighted by molar-refractivity contribution is 5.92. The molecule has 1 aliphatic carbocycles. The van der Waals surface area contributed by atoms with Crippen LogP contribution in [-0.2, 0) is 9.53 Å². The fraction of sp³-hybridized carbons (Fsp3) is 0.583. The maximum atomic E-state index is 12.0. The molecule has 17 heavy (non-hydrogen) atoms. The zero-order chi connectivity index (χ0) is 12.1. The van der Waals surface area contributed by atoms with Crippen molar-refractivity contribution in [3.63, 3.8) is 0 Å². The predicted molar refractivity (Wildman–Crippen MR) is 63.4 cm³/mol.